The fourth-order valence-corrected chi connectivity index (χ4v) is 2.18. The summed E-state index contributed by atoms with van der Waals surface area (Å²) >= 11 is 1.46. The minimum absolute atomic E-state index is 0.0411. The van der Waals surface area contributed by atoms with Gasteiger partial charge in [-0.25, -0.2) is 13.8 Å². The number of hydrogen-bond acceptors (Lipinski definition) is 4. The molecule has 0 saturated carbocycles. The second-order valence-electron chi connectivity index (χ2n) is 3.64. The van der Waals surface area contributed by atoms with Gasteiger partial charge in [0.25, 0.3) is 0 Å². The van der Waals surface area contributed by atoms with E-state index in [0.717, 1.165) is 22.0 Å². The summed E-state index contributed by atoms with van der Waals surface area (Å²) in [5.41, 5.74) is -0.275. The number of halogens is 2. The molecule has 1 N–H and O–H groups in total. The molecule has 0 spiro atoms. The highest BCUT2D eigenvalue weighted by Crippen LogP contribution is 2.22. The summed E-state index contributed by atoms with van der Waals surface area (Å²) in [7, 11) is 0. The van der Waals surface area contributed by atoms with Crippen molar-refractivity contribution in [1.29, 1.82) is 5.26 Å². The lowest BCUT2D eigenvalue weighted by Gasteiger charge is -2.07. The minimum atomic E-state index is -0.778. The van der Waals surface area contributed by atoms with Crippen LogP contribution in [0, 0.1) is 29.9 Å². The van der Waals surface area contributed by atoms with Gasteiger partial charge in [0.05, 0.1) is 18.2 Å². The van der Waals surface area contributed by atoms with E-state index in [2.05, 4.69) is 10.3 Å². The van der Waals surface area contributed by atoms with Crippen LogP contribution in [0.2, 0.25) is 0 Å². The first-order valence-corrected chi connectivity index (χ1v) is 5.96. The van der Waals surface area contributed by atoms with E-state index in [9.17, 15) is 8.78 Å². The maximum absolute atomic E-state index is 13.5. The molecule has 6 heteroatoms. The van der Waals surface area contributed by atoms with E-state index in [4.69, 9.17) is 5.26 Å². The normalized spacial score (nSPS) is 10.1. The highest BCUT2D eigenvalue weighted by Gasteiger charge is 2.11. The Morgan fingerprint density at radius 1 is 1.39 bits per heavy atom. The van der Waals surface area contributed by atoms with Crippen LogP contribution in [0.15, 0.2) is 18.3 Å². The molecule has 2 aromatic rings. The topological polar surface area (TPSA) is 48.7 Å². The summed E-state index contributed by atoms with van der Waals surface area (Å²) < 4.78 is 27.1. The van der Waals surface area contributed by atoms with Crippen LogP contribution in [0.5, 0.6) is 0 Å². The van der Waals surface area contributed by atoms with Gasteiger partial charge in [-0.05, 0) is 19.1 Å². The first kappa shape index (κ1) is 12.5. The molecule has 0 atom stereocenters. The number of anilines is 1. The van der Waals surface area contributed by atoms with Crippen molar-refractivity contribution in [2.45, 2.75) is 13.5 Å². The molecule has 2 rings (SSSR count). The highest BCUT2D eigenvalue weighted by molar-refractivity contribution is 7.11. The van der Waals surface area contributed by atoms with E-state index in [1.54, 1.807) is 12.3 Å². The molecule has 0 saturated heterocycles. The number of aryl methyl sites for hydroxylation is 1. The molecule has 0 radical (unpaired) electrons. The number of aromatic nitrogens is 1. The first-order valence-electron chi connectivity index (χ1n) is 5.14. The number of nitrogens with one attached hydrogen (secondary N) is 1. The van der Waals surface area contributed by atoms with Crippen molar-refractivity contribution < 1.29 is 8.78 Å². The van der Waals surface area contributed by atoms with Gasteiger partial charge in [0.1, 0.15) is 10.7 Å². The van der Waals surface area contributed by atoms with Crippen molar-refractivity contribution in [3.8, 4) is 6.07 Å². The fraction of sp³-hybridized carbons (Fsp3) is 0.167. The summed E-state index contributed by atoms with van der Waals surface area (Å²) in [6.45, 7) is 2.16. The van der Waals surface area contributed by atoms with E-state index in [1.807, 2.05) is 6.92 Å². The monoisotopic (exact) mass is 265 g/mol. The van der Waals surface area contributed by atoms with Crippen molar-refractivity contribution in [2.75, 3.05) is 5.32 Å². The Kier molecular flexibility index (Phi) is 3.53. The van der Waals surface area contributed by atoms with Crippen LogP contribution in [0.1, 0.15) is 15.4 Å². The Balaban J connectivity index is 2.17. The predicted molar refractivity (Wildman–Crippen MR) is 65.3 cm³/mol. The first-order chi connectivity index (χ1) is 8.60. The van der Waals surface area contributed by atoms with Crippen molar-refractivity contribution in [1.82, 2.24) is 4.98 Å². The highest BCUT2D eigenvalue weighted by atomic mass is 32.1. The molecule has 1 heterocycles. The Morgan fingerprint density at radius 2 is 2.06 bits per heavy atom. The van der Waals surface area contributed by atoms with Gasteiger partial charge in [-0.1, -0.05) is 0 Å². The maximum atomic E-state index is 13.5. The van der Waals surface area contributed by atoms with Crippen LogP contribution < -0.4 is 5.32 Å². The number of nitriles is 1. The van der Waals surface area contributed by atoms with Crippen LogP contribution in [-0.4, -0.2) is 4.98 Å². The van der Waals surface area contributed by atoms with Gasteiger partial charge in [-0.3, -0.25) is 0 Å². The second-order valence-corrected chi connectivity index (χ2v) is 4.96. The molecule has 0 amide bonds. The van der Waals surface area contributed by atoms with Crippen molar-refractivity contribution in [2.24, 2.45) is 0 Å². The summed E-state index contributed by atoms with van der Waals surface area (Å²) in [4.78, 5) is 5.12. The van der Waals surface area contributed by atoms with Crippen LogP contribution in [0.4, 0.5) is 14.5 Å². The third kappa shape index (κ3) is 2.63. The van der Waals surface area contributed by atoms with Crippen LogP contribution in [0.25, 0.3) is 0 Å². The summed E-state index contributed by atoms with van der Waals surface area (Å²) in [5.74, 6) is -1.56. The van der Waals surface area contributed by atoms with Gasteiger partial charge in [-0.2, -0.15) is 5.26 Å². The largest absolute Gasteiger partial charge is 0.374 e. The summed E-state index contributed by atoms with van der Waals surface area (Å²) in [6, 6.07) is 3.69. The molecule has 1 aromatic carbocycles. The zero-order valence-electron chi connectivity index (χ0n) is 9.50. The van der Waals surface area contributed by atoms with E-state index in [-0.39, 0.29) is 17.8 Å². The molecule has 0 fully saturated rings. The van der Waals surface area contributed by atoms with Gasteiger partial charge in [0.15, 0.2) is 11.6 Å². The quantitative estimate of drug-likeness (QED) is 0.927. The number of thiazole rings is 1. The van der Waals surface area contributed by atoms with E-state index < -0.39 is 11.6 Å². The molecular weight excluding hydrogens is 256 g/mol. The number of benzene rings is 1. The van der Waals surface area contributed by atoms with E-state index >= 15 is 0 Å². The van der Waals surface area contributed by atoms with Crippen molar-refractivity contribution in [3.05, 3.63) is 45.4 Å². The standard InChI is InChI=1S/C12H9F2N3S/c1-7-5-16-11(18-7)6-17-12-9(13)2-8(4-15)3-10(12)14/h2-3,5,17H,6H2,1H3. The number of nitrogens with zero attached hydrogens (tertiary/aromatic N) is 2. The molecule has 92 valence electrons. The lowest BCUT2D eigenvalue weighted by atomic mass is 10.2. The Hall–Kier alpha value is -2.00. The zero-order valence-corrected chi connectivity index (χ0v) is 10.3. The lowest BCUT2D eigenvalue weighted by molar-refractivity contribution is 0.587. The third-order valence-corrected chi connectivity index (χ3v) is 3.17. The molecule has 0 aliphatic carbocycles. The number of rotatable bonds is 3. The Morgan fingerprint density at radius 3 is 2.56 bits per heavy atom. The molecule has 0 unspecified atom stereocenters. The van der Waals surface area contributed by atoms with E-state index in [0.29, 0.717) is 0 Å². The van der Waals surface area contributed by atoms with Crippen LogP contribution in [0.3, 0.4) is 0 Å². The molecule has 0 aliphatic rings. The molecule has 18 heavy (non-hydrogen) atoms. The molecule has 1 aromatic heterocycles. The van der Waals surface area contributed by atoms with Gasteiger partial charge < -0.3 is 5.32 Å². The Bertz CT molecular complexity index is 593. The van der Waals surface area contributed by atoms with Crippen molar-refractivity contribution >= 4 is 17.0 Å². The minimum Gasteiger partial charge on any atom is -0.374 e. The third-order valence-electron chi connectivity index (χ3n) is 2.26. The average molecular weight is 265 g/mol. The van der Waals surface area contributed by atoms with Gasteiger partial charge in [0.2, 0.25) is 0 Å². The molecule has 0 aliphatic heterocycles. The molecule has 0 bridgehead atoms. The van der Waals surface area contributed by atoms with Crippen LogP contribution >= 0.6 is 11.3 Å². The van der Waals surface area contributed by atoms with Gasteiger partial charge in [-0.15, -0.1) is 11.3 Å². The fourth-order valence-electron chi connectivity index (χ4n) is 1.45. The molecule has 3 nitrogen and oxygen atoms in total. The summed E-state index contributed by atoms with van der Waals surface area (Å²) in [6.07, 6.45) is 1.70. The second kappa shape index (κ2) is 5.10. The lowest BCUT2D eigenvalue weighted by Crippen LogP contribution is -2.04. The van der Waals surface area contributed by atoms with E-state index in [1.165, 1.54) is 11.3 Å². The molecular formula is C12H9F2N3S. The maximum Gasteiger partial charge on any atom is 0.150 e. The zero-order chi connectivity index (χ0) is 13.1. The Labute approximate surface area is 107 Å². The SMILES string of the molecule is Cc1cnc(CNc2c(F)cc(C#N)cc2F)s1. The number of hydrogen-bond donors (Lipinski definition) is 1. The van der Waals surface area contributed by atoms with Gasteiger partial charge >= 0.3 is 0 Å². The summed E-state index contributed by atoms with van der Waals surface area (Å²) in [5, 5.41) is 12.0. The van der Waals surface area contributed by atoms with Gasteiger partial charge in [0, 0.05) is 11.1 Å². The average Bonchev–Trinajstić information content (AvgIpc) is 2.73. The van der Waals surface area contributed by atoms with Crippen LogP contribution in [-0.2, 0) is 6.54 Å². The van der Waals surface area contributed by atoms with Crippen molar-refractivity contribution in [3.63, 3.8) is 0 Å². The predicted octanol–water partition coefficient (Wildman–Crippen LogP) is 3.21. The smallest absolute Gasteiger partial charge is 0.150 e.